The Labute approximate surface area is 122 Å². The van der Waals surface area contributed by atoms with E-state index in [0.29, 0.717) is 6.42 Å². The van der Waals surface area contributed by atoms with Gasteiger partial charge in [-0.25, -0.2) is 0 Å². The van der Waals surface area contributed by atoms with Gasteiger partial charge in [-0.15, -0.1) is 0 Å². The summed E-state index contributed by atoms with van der Waals surface area (Å²) in [6, 6.07) is 0. The van der Waals surface area contributed by atoms with E-state index in [-0.39, 0.29) is 5.24 Å². The molecule has 0 aromatic heterocycles. The molecule has 0 bridgehead atoms. The van der Waals surface area contributed by atoms with Crippen LogP contribution in [0.1, 0.15) is 57.8 Å². The number of halogens is 1. The van der Waals surface area contributed by atoms with Gasteiger partial charge in [-0.1, -0.05) is 25.7 Å². The molecule has 112 valence electrons. The molecule has 1 aliphatic carbocycles. The summed E-state index contributed by atoms with van der Waals surface area (Å²) in [5.41, 5.74) is 5.38. The molecule has 0 radical (unpaired) electrons. The molecule has 0 atom stereocenters. The maximum atomic E-state index is 10.4. The summed E-state index contributed by atoms with van der Waals surface area (Å²) in [6.07, 6.45) is 10.9. The third-order valence-electron chi connectivity index (χ3n) is 4.10. The molecule has 0 amide bonds. The summed E-state index contributed by atoms with van der Waals surface area (Å²) in [6.45, 7) is 4.67. The van der Waals surface area contributed by atoms with Crippen LogP contribution in [0.5, 0.6) is 0 Å². The Morgan fingerprint density at radius 2 is 1.79 bits per heavy atom. The molecule has 0 spiro atoms. The van der Waals surface area contributed by atoms with Gasteiger partial charge in [0.15, 0.2) is 0 Å². The molecular formula is C15H29ClN2O. The van der Waals surface area contributed by atoms with E-state index in [1.165, 1.54) is 64.6 Å². The second kappa shape index (κ2) is 10.6. The highest BCUT2D eigenvalue weighted by Gasteiger charge is 2.15. The third kappa shape index (κ3) is 8.61. The lowest BCUT2D eigenvalue weighted by molar-refractivity contribution is -0.111. The zero-order valence-electron chi connectivity index (χ0n) is 12.1. The van der Waals surface area contributed by atoms with Gasteiger partial charge in [0.05, 0.1) is 0 Å². The molecule has 1 saturated carbocycles. The minimum absolute atomic E-state index is 0.174. The van der Waals surface area contributed by atoms with Crippen LogP contribution >= 0.6 is 11.6 Å². The fourth-order valence-corrected chi connectivity index (χ4v) is 3.05. The van der Waals surface area contributed by atoms with Crippen molar-refractivity contribution in [3.8, 4) is 0 Å². The molecular weight excluding hydrogens is 260 g/mol. The number of rotatable bonds is 6. The standard InChI is InChI=1S/C8H13ClO.C7H16N2/c9-8(10)6-5-7-3-1-2-4-7;8-4-3-7-9-5-1-2-6-9/h7H,1-6H2;1-8H2. The Kier molecular flexibility index (Phi) is 9.48. The van der Waals surface area contributed by atoms with Crippen molar-refractivity contribution in [1.82, 2.24) is 4.90 Å². The average Bonchev–Trinajstić information content (AvgIpc) is 3.08. The zero-order chi connectivity index (χ0) is 13.9. The van der Waals surface area contributed by atoms with E-state index in [0.717, 1.165) is 18.9 Å². The molecule has 2 rings (SSSR count). The highest BCUT2D eigenvalue weighted by Crippen LogP contribution is 2.28. The summed E-state index contributed by atoms with van der Waals surface area (Å²) in [7, 11) is 0. The Hall–Kier alpha value is -0.120. The van der Waals surface area contributed by atoms with Gasteiger partial charge in [0, 0.05) is 6.42 Å². The van der Waals surface area contributed by atoms with Gasteiger partial charge in [0.1, 0.15) is 0 Å². The molecule has 3 nitrogen and oxygen atoms in total. The van der Waals surface area contributed by atoms with Crippen molar-refractivity contribution in [2.24, 2.45) is 11.7 Å². The molecule has 0 aromatic carbocycles. The van der Waals surface area contributed by atoms with Gasteiger partial charge in [-0.2, -0.15) is 0 Å². The molecule has 2 fully saturated rings. The first-order valence-electron chi connectivity index (χ1n) is 7.83. The van der Waals surface area contributed by atoms with Gasteiger partial charge in [0.2, 0.25) is 5.24 Å². The fourth-order valence-electron chi connectivity index (χ4n) is 2.94. The topological polar surface area (TPSA) is 46.3 Å². The predicted octanol–water partition coefficient (Wildman–Crippen LogP) is 3.15. The number of carbonyl (C=O) groups excluding carboxylic acids is 1. The number of nitrogens with two attached hydrogens (primary N) is 1. The second-order valence-corrected chi connectivity index (χ2v) is 6.16. The smallest absolute Gasteiger partial charge is 0.221 e. The van der Waals surface area contributed by atoms with Crippen molar-refractivity contribution in [3.05, 3.63) is 0 Å². The lowest BCUT2D eigenvalue weighted by Crippen LogP contribution is -2.22. The van der Waals surface area contributed by atoms with Gasteiger partial charge in [0.25, 0.3) is 0 Å². The van der Waals surface area contributed by atoms with Crippen LogP contribution in [0, 0.1) is 5.92 Å². The normalized spacial score (nSPS) is 20.3. The number of hydrogen-bond acceptors (Lipinski definition) is 3. The Bertz CT molecular complexity index is 236. The number of carbonyl (C=O) groups is 1. The predicted molar refractivity (Wildman–Crippen MR) is 81.4 cm³/mol. The van der Waals surface area contributed by atoms with Crippen LogP contribution in [0.2, 0.25) is 0 Å². The van der Waals surface area contributed by atoms with Crippen LogP contribution in [0.15, 0.2) is 0 Å². The summed E-state index contributed by atoms with van der Waals surface area (Å²) >= 11 is 5.22. The molecule has 2 aliphatic rings. The summed E-state index contributed by atoms with van der Waals surface area (Å²) in [4.78, 5) is 12.9. The quantitative estimate of drug-likeness (QED) is 0.764. The summed E-state index contributed by atoms with van der Waals surface area (Å²) in [5, 5.41) is -0.174. The van der Waals surface area contributed by atoms with Crippen LogP contribution in [0.3, 0.4) is 0 Å². The highest BCUT2D eigenvalue weighted by molar-refractivity contribution is 6.63. The largest absolute Gasteiger partial charge is 0.330 e. The van der Waals surface area contributed by atoms with Crippen molar-refractivity contribution in [2.45, 2.75) is 57.8 Å². The van der Waals surface area contributed by atoms with Crippen LogP contribution in [-0.4, -0.2) is 36.3 Å². The number of hydrogen-bond donors (Lipinski definition) is 1. The molecule has 19 heavy (non-hydrogen) atoms. The van der Waals surface area contributed by atoms with E-state index in [2.05, 4.69) is 4.90 Å². The Morgan fingerprint density at radius 3 is 2.32 bits per heavy atom. The SMILES string of the molecule is NCCCN1CCCC1.O=C(Cl)CCC1CCCC1. The molecule has 1 heterocycles. The third-order valence-corrected chi connectivity index (χ3v) is 4.29. The van der Waals surface area contributed by atoms with Crippen molar-refractivity contribution < 1.29 is 4.79 Å². The van der Waals surface area contributed by atoms with Gasteiger partial charge in [-0.3, -0.25) is 4.79 Å². The lowest BCUT2D eigenvalue weighted by Gasteiger charge is -2.12. The van der Waals surface area contributed by atoms with E-state index in [9.17, 15) is 4.79 Å². The molecule has 0 aromatic rings. The van der Waals surface area contributed by atoms with E-state index in [1.807, 2.05) is 0 Å². The van der Waals surface area contributed by atoms with E-state index in [1.54, 1.807) is 0 Å². The van der Waals surface area contributed by atoms with Crippen LogP contribution < -0.4 is 5.73 Å². The van der Waals surface area contributed by atoms with Gasteiger partial charge in [-0.05, 0) is 69.4 Å². The maximum Gasteiger partial charge on any atom is 0.221 e. The van der Waals surface area contributed by atoms with Gasteiger partial charge >= 0.3 is 0 Å². The number of likely N-dealkylation sites (tertiary alicyclic amines) is 1. The summed E-state index contributed by atoms with van der Waals surface area (Å²) < 4.78 is 0. The zero-order valence-corrected chi connectivity index (χ0v) is 12.8. The fraction of sp³-hybridized carbons (Fsp3) is 0.933. The summed E-state index contributed by atoms with van der Waals surface area (Å²) in [5.74, 6) is 0.794. The molecule has 0 unspecified atom stereocenters. The number of nitrogens with zero attached hydrogens (tertiary/aromatic N) is 1. The van der Waals surface area contributed by atoms with Crippen molar-refractivity contribution in [3.63, 3.8) is 0 Å². The van der Waals surface area contributed by atoms with E-state index >= 15 is 0 Å². The first-order valence-corrected chi connectivity index (χ1v) is 8.21. The van der Waals surface area contributed by atoms with Crippen molar-refractivity contribution in [1.29, 1.82) is 0 Å². The Morgan fingerprint density at radius 1 is 1.16 bits per heavy atom. The van der Waals surface area contributed by atoms with E-state index < -0.39 is 0 Å². The minimum Gasteiger partial charge on any atom is -0.330 e. The van der Waals surface area contributed by atoms with Crippen LogP contribution in [-0.2, 0) is 4.79 Å². The monoisotopic (exact) mass is 288 g/mol. The molecule has 2 N–H and O–H groups in total. The second-order valence-electron chi connectivity index (χ2n) is 5.74. The van der Waals surface area contributed by atoms with Crippen LogP contribution in [0.25, 0.3) is 0 Å². The highest BCUT2D eigenvalue weighted by atomic mass is 35.5. The van der Waals surface area contributed by atoms with Crippen molar-refractivity contribution in [2.75, 3.05) is 26.2 Å². The maximum absolute atomic E-state index is 10.4. The minimum atomic E-state index is -0.174. The van der Waals surface area contributed by atoms with Crippen LogP contribution in [0.4, 0.5) is 0 Å². The Balaban J connectivity index is 0.000000191. The molecule has 1 aliphatic heterocycles. The lowest BCUT2D eigenvalue weighted by atomic mass is 10.0. The molecule has 1 saturated heterocycles. The first kappa shape index (κ1) is 16.9. The molecule has 4 heteroatoms. The van der Waals surface area contributed by atoms with Crippen molar-refractivity contribution >= 4 is 16.8 Å². The van der Waals surface area contributed by atoms with E-state index in [4.69, 9.17) is 17.3 Å². The van der Waals surface area contributed by atoms with Gasteiger partial charge < -0.3 is 10.6 Å². The first-order chi connectivity index (χ1) is 9.22. The average molecular weight is 289 g/mol.